The van der Waals surface area contributed by atoms with Gasteiger partial charge in [0.1, 0.15) is 12.4 Å². The number of hydrogen-bond donors (Lipinski definition) is 1. The molecule has 0 aliphatic rings. The summed E-state index contributed by atoms with van der Waals surface area (Å²) >= 11 is 3.54. The van der Waals surface area contributed by atoms with Crippen LogP contribution in [0, 0.1) is 0 Å². The number of ether oxygens (including phenoxy) is 1. The Hall–Kier alpha value is -1.33. The van der Waals surface area contributed by atoms with E-state index in [2.05, 4.69) is 33.3 Å². The molecule has 4 nitrogen and oxygen atoms in total. The molecule has 0 fully saturated rings. The fourth-order valence-corrected chi connectivity index (χ4v) is 2.61. The summed E-state index contributed by atoms with van der Waals surface area (Å²) in [6.45, 7) is 3.52. The number of aryl methyl sites for hydroxylation is 1. The molecule has 19 heavy (non-hydrogen) atoms. The minimum absolute atomic E-state index is 0.104. The first-order valence-electron chi connectivity index (χ1n) is 6.31. The number of nitrogens with one attached hydrogen (secondary N) is 1. The van der Waals surface area contributed by atoms with Gasteiger partial charge in [-0.1, -0.05) is 25.1 Å². The molecule has 0 radical (unpaired) electrons. The highest BCUT2D eigenvalue weighted by atomic mass is 79.9. The molecule has 0 saturated heterocycles. The maximum absolute atomic E-state index is 5.83. The zero-order valence-electron chi connectivity index (χ0n) is 11.1. The Labute approximate surface area is 121 Å². The number of para-hydroxylation sites is 1. The van der Waals surface area contributed by atoms with Crippen molar-refractivity contribution in [3.63, 3.8) is 0 Å². The number of nitrogens with zero attached hydrogens (tertiary/aromatic N) is 2. The van der Waals surface area contributed by atoms with Crippen LogP contribution in [-0.2, 0) is 7.05 Å². The summed E-state index contributed by atoms with van der Waals surface area (Å²) in [4.78, 5) is 0. The molecule has 0 saturated carbocycles. The Kier molecular flexibility index (Phi) is 4.99. The Morgan fingerprint density at radius 1 is 1.37 bits per heavy atom. The van der Waals surface area contributed by atoms with E-state index in [-0.39, 0.29) is 6.04 Å². The lowest BCUT2D eigenvalue weighted by Gasteiger charge is -2.19. The molecule has 1 heterocycles. The van der Waals surface area contributed by atoms with Crippen molar-refractivity contribution in [3.8, 4) is 5.75 Å². The van der Waals surface area contributed by atoms with Crippen LogP contribution in [0.4, 0.5) is 0 Å². The largest absolute Gasteiger partial charge is 0.492 e. The summed E-state index contributed by atoms with van der Waals surface area (Å²) < 4.78 is 8.69. The summed E-state index contributed by atoms with van der Waals surface area (Å²) in [7, 11) is 1.94. The van der Waals surface area contributed by atoms with Crippen molar-refractivity contribution >= 4 is 15.9 Å². The van der Waals surface area contributed by atoms with E-state index in [0.717, 1.165) is 22.5 Å². The molecular formula is C14H18BrN3O. The molecule has 0 spiro atoms. The summed E-state index contributed by atoms with van der Waals surface area (Å²) in [5.41, 5.74) is 1.10. The van der Waals surface area contributed by atoms with Crippen LogP contribution < -0.4 is 10.1 Å². The van der Waals surface area contributed by atoms with Gasteiger partial charge in [0.15, 0.2) is 0 Å². The van der Waals surface area contributed by atoms with Crippen molar-refractivity contribution in [2.24, 2.45) is 7.05 Å². The highest BCUT2D eigenvalue weighted by molar-refractivity contribution is 9.10. The van der Waals surface area contributed by atoms with Gasteiger partial charge in [0.05, 0.1) is 22.4 Å². The standard InChI is InChI=1S/C14H18BrN3O/c1-3-16-13(14-12(15)9-17-18(14)2)10-19-11-7-5-4-6-8-11/h4-9,13,16H,3,10H2,1-2H3. The fraction of sp³-hybridized carbons (Fsp3) is 0.357. The normalized spacial score (nSPS) is 12.4. The second-order valence-electron chi connectivity index (χ2n) is 4.24. The van der Waals surface area contributed by atoms with E-state index in [1.807, 2.05) is 48.3 Å². The quantitative estimate of drug-likeness (QED) is 0.888. The van der Waals surface area contributed by atoms with Gasteiger partial charge in [-0.3, -0.25) is 4.68 Å². The fourth-order valence-electron chi connectivity index (χ4n) is 1.99. The van der Waals surface area contributed by atoms with E-state index in [0.29, 0.717) is 6.61 Å². The minimum Gasteiger partial charge on any atom is -0.492 e. The minimum atomic E-state index is 0.104. The number of benzene rings is 1. The average Bonchev–Trinajstić information content (AvgIpc) is 2.76. The van der Waals surface area contributed by atoms with E-state index in [9.17, 15) is 0 Å². The molecule has 1 unspecified atom stereocenters. The number of likely N-dealkylation sites (N-methyl/N-ethyl adjacent to an activating group) is 1. The number of hydrogen-bond acceptors (Lipinski definition) is 3. The van der Waals surface area contributed by atoms with Crippen molar-refractivity contribution < 1.29 is 4.74 Å². The molecule has 0 amide bonds. The lowest BCUT2D eigenvalue weighted by molar-refractivity contribution is 0.261. The molecule has 1 atom stereocenters. The molecule has 0 aliphatic heterocycles. The summed E-state index contributed by atoms with van der Waals surface area (Å²) in [6, 6.07) is 9.94. The van der Waals surface area contributed by atoms with Gasteiger partial charge in [-0.15, -0.1) is 0 Å². The van der Waals surface area contributed by atoms with E-state index in [1.165, 1.54) is 0 Å². The summed E-state index contributed by atoms with van der Waals surface area (Å²) in [5, 5.41) is 7.67. The van der Waals surface area contributed by atoms with Crippen molar-refractivity contribution in [1.29, 1.82) is 0 Å². The van der Waals surface area contributed by atoms with Crippen LogP contribution in [0.15, 0.2) is 41.0 Å². The monoisotopic (exact) mass is 323 g/mol. The van der Waals surface area contributed by atoms with Crippen molar-refractivity contribution in [2.75, 3.05) is 13.2 Å². The lowest BCUT2D eigenvalue weighted by atomic mass is 10.2. The molecule has 0 aliphatic carbocycles. The lowest BCUT2D eigenvalue weighted by Crippen LogP contribution is -2.28. The molecule has 102 valence electrons. The second kappa shape index (κ2) is 6.73. The van der Waals surface area contributed by atoms with Crippen molar-refractivity contribution in [1.82, 2.24) is 15.1 Å². The SMILES string of the molecule is CCNC(COc1ccccc1)c1c(Br)cnn1C. The Bertz CT molecular complexity index is 493. The van der Waals surface area contributed by atoms with Gasteiger partial charge in [0, 0.05) is 7.05 Å². The summed E-state index contributed by atoms with van der Waals surface area (Å²) in [6.07, 6.45) is 1.81. The van der Waals surface area contributed by atoms with Gasteiger partial charge in [-0.2, -0.15) is 5.10 Å². The highest BCUT2D eigenvalue weighted by Crippen LogP contribution is 2.23. The van der Waals surface area contributed by atoms with Crippen LogP contribution in [0.5, 0.6) is 5.75 Å². The zero-order chi connectivity index (χ0) is 13.7. The Morgan fingerprint density at radius 2 is 2.11 bits per heavy atom. The topological polar surface area (TPSA) is 39.1 Å². The van der Waals surface area contributed by atoms with Crippen LogP contribution in [0.2, 0.25) is 0 Å². The van der Waals surface area contributed by atoms with Crippen LogP contribution in [0.25, 0.3) is 0 Å². The molecule has 2 rings (SSSR count). The van der Waals surface area contributed by atoms with Crippen LogP contribution in [-0.4, -0.2) is 22.9 Å². The predicted octanol–water partition coefficient (Wildman–Crippen LogP) is 2.91. The first kappa shape index (κ1) is 14.1. The van der Waals surface area contributed by atoms with Crippen molar-refractivity contribution in [2.45, 2.75) is 13.0 Å². The average molecular weight is 324 g/mol. The van der Waals surface area contributed by atoms with Crippen LogP contribution in [0.3, 0.4) is 0 Å². The molecular weight excluding hydrogens is 306 g/mol. The molecule has 0 bridgehead atoms. The second-order valence-corrected chi connectivity index (χ2v) is 5.09. The molecule has 1 aromatic heterocycles. The Morgan fingerprint density at radius 3 is 2.68 bits per heavy atom. The van der Waals surface area contributed by atoms with Gasteiger partial charge < -0.3 is 10.1 Å². The molecule has 5 heteroatoms. The van der Waals surface area contributed by atoms with Gasteiger partial charge in [-0.25, -0.2) is 0 Å². The van der Waals surface area contributed by atoms with Gasteiger partial charge in [0.25, 0.3) is 0 Å². The van der Waals surface area contributed by atoms with Gasteiger partial charge >= 0.3 is 0 Å². The molecule has 1 aromatic carbocycles. The Balaban J connectivity index is 2.09. The smallest absolute Gasteiger partial charge is 0.119 e. The maximum Gasteiger partial charge on any atom is 0.119 e. The third kappa shape index (κ3) is 3.58. The third-order valence-corrected chi connectivity index (χ3v) is 3.49. The van der Waals surface area contributed by atoms with E-state index >= 15 is 0 Å². The molecule has 1 N–H and O–H groups in total. The third-order valence-electron chi connectivity index (χ3n) is 2.88. The maximum atomic E-state index is 5.83. The van der Waals surface area contributed by atoms with E-state index in [1.54, 1.807) is 0 Å². The van der Waals surface area contributed by atoms with E-state index in [4.69, 9.17) is 4.74 Å². The van der Waals surface area contributed by atoms with E-state index < -0.39 is 0 Å². The number of halogens is 1. The summed E-state index contributed by atoms with van der Waals surface area (Å²) in [5.74, 6) is 0.878. The van der Waals surface area contributed by atoms with Crippen LogP contribution in [0.1, 0.15) is 18.7 Å². The van der Waals surface area contributed by atoms with Crippen molar-refractivity contribution in [3.05, 3.63) is 46.7 Å². The first-order chi connectivity index (χ1) is 9.22. The van der Waals surface area contributed by atoms with Gasteiger partial charge in [0.2, 0.25) is 0 Å². The predicted molar refractivity (Wildman–Crippen MR) is 79.3 cm³/mol. The van der Waals surface area contributed by atoms with Crippen LogP contribution >= 0.6 is 15.9 Å². The highest BCUT2D eigenvalue weighted by Gasteiger charge is 2.18. The number of rotatable bonds is 6. The first-order valence-corrected chi connectivity index (χ1v) is 7.10. The number of aromatic nitrogens is 2. The van der Waals surface area contributed by atoms with Gasteiger partial charge in [-0.05, 0) is 34.6 Å². The zero-order valence-corrected chi connectivity index (χ0v) is 12.7. The molecule has 2 aromatic rings.